The van der Waals surface area contributed by atoms with E-state index in [0.29, 0.717) is 25.0 Å². The zero-order valence-corrected chi connectivity index (χ0v) is 15.1. The van der Waals surface area contributed by atoms with Gasteiger partial charge in [0.25, 0.3) is 0 Å². The van der Waals surface area contributed by atoms with Crippen molar-refractivity contribution < 1.29 is 9.53 Å². The number of nitrogens with one attached hydrogen (secondary N) is 2. The Hall–Kier alpha value is -1.18. The van der Waals surface area contributed by atoms with Crippen LogP contribution in [0.25, 0.3) is 0 Å². The number of urea groups is 1. The molecule has 2 heterocycles. The highest BCUT2D eigenvalue weighted by molar-refractivity contribution is 7.09. The van der Waals surface area contributed by atoms with Gasteiger partial charge in [0, 0.05) is 31.1 Å². The maximum absolute atomic E-state index is 12.0. The van der Waals surface area contributed by atoms with Crippen molar-refractivity contribution >= 4 is 17.4 Å². The highest BCUT2D eigenvalue weighted by Crippen LogP contribution is 2.13. The summed E-state index contributed by atoms with van der Waals surface area (Å²) in [5, 5.41) is 8.88. The number of amides is 2. The highest BCUT2D eigenvalue weighted by Gasteiger charge is 2.22. The second-order valence-corrected chi connectivity index (χ2v) is 7.42. The third-order valence-corrected chi connectivity index (χ3v) is 4.72. The molecule has 1 aromatic rings. The van der Waals surface area contributed by atoms with Gasteiger partial charge < -0.3 is 15.4 Å². The van der Waals surface area contributed by atoms with Gasteiger partial charge in [0.1, 0.15) is 0 Å². The normalized spacial score (nSPS) is 17.2. The third-order valence-electron chi connectivity index (χ3n) is 3.90. The van der Waals surface area contributed by atoms with Gasteiger partial charge in [-0.25, -0.2) is 9.78 Å². The summed E-state index contributed by atoms with van der Waals surface area (Å²) in [4.78, 5) is 18.8. The van der Waals surface area contributed by atoms with E-state index in [1.165, 1.54) is 0 Å². The fourth-order valence-corrected chi connectivity index (χ4v) is 3.39. The summed E-state index contributed by atoms with van der Waals surface area (Å²) in [6.07, 6.45) is 1.07. The fraction of sp³-hybridized carbons (Fsp3) is 0.750. The molecule has 0 aromatic carbocycles. The number of morpholine rings is 1. The van der Waals surface area contributed by atoms with Gasteiger partial charge in [0.15, 0.2) is 0 Å². The zero-order chi connectivity index (χ0) is 16.7. The highest BCUT2D eigenvalue weighted by atomic mass is 32.1. The Labute approximate surface area is 142 Å². The van der Waals surface area contributed by atoms with Crippen LogP contribution in [0.1, 0.15) is 31.0 Å². The van der Waals surface area contributed by atoms with Crippen molar-refractivity contribution in [2.45, 2.75) is 39.8 Å². The lowest BCUT2D eigenvalue weighted by Crippen LogP contribution is -2.50. The molecule has 1 saturated heterocycles. The maximum atomic E-state index is 12.0. The Morgan fingerprint density at radius 1 is 1.39 bits per heavy atom. The molecule has 0 saturated carbocycles. The van der Waals surface area contributed by atoms with Gasteiger partial charge in [0.2, 0.25) is 0 Å². The number of aromatic nitrogens is 1. The minimum atomic E-state index is -0.127. The topological polar surface area (TPSA) is 66.5 Å². The number of hydrogen-bond acceptors (Lipinski definition) is 5. The lowest BCUT2D eigenvalue weighted by atomic mass is 10.0. The van der Waals surface area contributed by atoms with E-state index in [1.807, 2.05) is 12.3 Å². The molecule has 23 heavy (non-hydrogen) atoms. The minimum Gasteiger partial charge on any atom is -0.379 e. The molecule has 2 amide bonds. The molecule has 0 unspecified atom stereocenters. The largest absolute Gasteiger partial charge is 0.379 e. The smallest absolute Gasteiger partial charge is 0.315 e. The summed E-state index contributed by atoms with van der Waals surface area (Å²) in [6, 6.07) is 0.240. The molecule has 0 bridgehead atoms. The van der Waals surface area contributed by atoms with E-state index < -0.39 is 0 Å². The monoisotopic (exact) mass is 340 g/mol. The number of carbonyl (C=O) groups excluding carboxylic acids is 1. The van der Waals surface area contributed by atoms with Crippen LogP contribution in [0, 0.1) is 12.8 Å². The first kappa shape index (κ1) is 18.2. The third kappa shape index (κ3) is 6.45. The molecule has 0 radical (unpaired) electrons. The van der Waals surface area contributed by atoms with Crippen LogP contribution in [-0.4, -0.2) is 54.8 Å². The number of nitrogens with zero attached hydrogens (tertiary/aromatic N) is 2. The number of ether oxygens (including phenoxy) is 1. The lowest BCUT2D eigenvalue weighted by Gasteiger charge is -2.35. The van der Waals surface area contributed by atoms with Crippen LogP contribution in [0.15, 0.2) is 5.38 Å². The second-order valence-electron chi connectivity index (χ2n) is 6.35. The van der Waals surface area contributed by atoms with E-state index in [4.69, 9.17) is 4.74 Å². The van der Waals surface area contributed by atoms with E-state index in [1.54, 1.807) is 11.3 Å². The fourth-order valence-electron chi connectivity index (χ4n) is 2.78. The Kier molecular flexibility index (Phi) is 7.26. The number of carbonyl (C=O) groups is 1. The molecule has 1 aliphatic rings. The van der Waals surface area contributed by atoms with Crippen LogP contribution < -0.4 is 10.6 Å². The maximum Gasteiger partial charge on any atom is 0.315 e. The predicted octanol–water partition coefficient (Wildman–Crippen LogP) is 2.00. The van der Waals surface area contributed by atoms with Crippen molar-refractivity contribution in [3.05, 3.63) is 16.1 Å². The quantitative estimate of drug-likeness (QED) is 0.797. The zero-order valence-electron chi connectivity index (χ0n) is 14.3. The van der Waals surface area contributed by atoms with Crippen molar-refractivity contribution in [1.82, 2.24) is 20.5 Å². The van der Waals surface area contributed by atoms with Gasteiger partial charge in [0.05, 0.1) is 30.5 Å². The van der Waals surface area contributed by atoms with Crippen molar-refractivity contribution in [2.24, 2.45) is 5.92 Å². The molecule has 6 nitrogen and oxygen atoms in total. The van der Waals surface area contributed by atoms with Crippen molar-refractivity contribution in [2.75, 3.05) is 32.8 Å². The molecule has 2 N–H and O–H groups in total. The first-order chi connectivity index (χ1) is 11.0. The number of hydrogen-bond donors (Lipinski definition) is 2. The molecular weight excluding hydrogens is 312 g/mol. The van der Waals surface area contributed by atoms with Gasteiger partial charge in [-0.1, -0.05) is 13.8 Å². The Bertz CT molecular complexity index is 486. The Morgan fingerprint density at radius 3 is 2.74 bits per heavy atom. The average Bonchev–Trinajstić information content (AvgIpc) is 2.95. The molecule has 1 aliphatic heterocycles. The van der Waals surface area contributed by atoms with Gasteiger partial charge in [-0.2, -0.15) is 0 Å². The summed E-state index contributed by atoms with van der Waals surface area (Å²) >= 11 is 1.60. The first-order valence-electron chi connectivity index (χ1n) is 8.29. The number of aryl methyl sites for hydroxylation is 1. The first-order valence-corrected chi connectivity index (χ1v) is 9.17. The van der Waals surface area contributed by atoms with Gasteiger partial charge >= 0.3 is 6.03 Å². The van der Waals surface area contributed by atoms with Crippen molar-refractivity contribution in [3.63, 3.8) is 0 Å². The second kappa shape index (κ2) is 9.20. The average molecular weight is 340 g/mol. The molecule has 130 valence electrons. The van der Waals surface area contributed by atoms with Crippen LogP contribution in [0.4, 0.5) is 4.79 Å². The van der Waals surface area contributed by atoms with E-state index in [9.17, 15) is 4.79 Å². The van der Waals surface area contributed by atoms with Gasteiger partial charge in [-0.05, 0) is 19.3 Å². The van der Waals surface area contributed by atoms with Crippen LogP contribution in [0.2, 0.25) is 0 Å². The van der Waals surface area contributed by atoms with Crippen molar-refractivity contribution in [1.29, 1.82) is 0 Å². The molecule has 2 rings (SSSR count). The van der Waals surface area contributed by atoms with Crippen LogP contribution in [0.5, 0.6) is 0 Å². The van der Waals surface area contributed by atoms with Crippen LogP contribution in [0.3, 0.4) is 0 Å². The summed E-state index contributed by atoms with van der Waals surface area (Å²) < 4.78 is 5.42. The van der Waals surface area contributed by atoms with Gasteiger partial charge in [-0.3, -0.25) is 4.90 Å². The van der Waals surface area contributed by atoms with E-state index in [0.717, 1.165) is 43.4 Å². The Balaban J connectivity index is 1.76. The molecule has 1 fully saturated rings. The number of rotatable bonds is 7. The molecule has 1 aromatic heterocycles. The molecule has 1 atom stereocenters. The summed E-state index contributed by atoms with van der Waals surface area (Å²) in [5.41, 5.74) is 0.912. The lowest BCUT2D eigenvalue weighted by molar-refractivity contribution is 0.0129. The summed E-state index contributed by atoms with van der Waals surface area (Å²) in [6.45, 7) is 11.0. The molecule has 7 heteroatoms. The minimum absolute atomic E-state index is 0.127. The predicted molar refractivity (Wildman–Crippen MR) is 92.7 cm³/mol. The van der Waals surface area contributed by atoms with Gasteiger partial charge in [-0.15, -0.1) is 11.3 Å². The Morgan fingerprint density at radius 2 is 2.13 bits per heavy atom. The van der Waals surface area contributed by atoms with E-state index in [-0.39, 0.29) is 6.03 Å². The van der Waals surface area contributed by atoms with E-state index in [2.05, 4.69) is 34.4 Å². The van der Waals surface area contributed by atoms with Crippen molar-refractivity contribution in [3.8, 4) is 0 Å². The van der Waals surface area contributed by atoms with Crippen LogP contribution >= 0.6 is 11.3 Å². The number of thiazole rings is 1. The molecular formula is C16H28N4O2S. The SMILES string of the molecule is Cc1nc(CNC(=O)NC[C@H](CC(C)C)N2CCOCC2)cs1. The van der Waals surface area contributed by atoms with E-state index >= 15 is 0 Å². The summed E-state index contributed by atoms with van der Waals surface area (Å²) in [7, 11) is 0. The summed E-state index contributed by atoms with van der Waals surface area (Å²) in [5.74, 6) is 0.602. The standard InChI is InChI=1S/C16H28N4O2S/c1-12(2)8-15(20-4-6-22-7-5-20)10-18-16(21)17-9-14-11-23-13(3)19-14/h11-12,15H,4-10H2,1-3H3,(H2,17,18,21)/t15-/m0/s1. The molecule has 0 spiro atoms. The van der Waals surface area contributed by atoms with Crippen LogP contribution in [-0.2, 0) is 11.3 Å². The molecule has 0 aliphatic carbocycles.